The van der Waals surface area contributed by atoms with E-state index < -0.39 is 10.5 Å². The van der Waals surface area contributed by atoms with Crippen molar-refractivity contribution in [1.82, 2.24) is 14.9 Å². The van der Waals surface area contributed by atoms with Crippen LogP contribution in [0.5, 0.6) is 0 Å². The Morgan fingerprint density at radius 1 is 1.52 bits per heavy atom. The van der Waals surface area contributed by atoms with Gasteiger partial charge in [0, 0.05) is 13.5 Å². The number of nitrogens with zero attached hydrogens (tertiary/aromatic N) is 3. The van der Waals surface area contributed by atoms with Crippen molar-refractivity contribution >= 4 is 24.1 Å². The fourth-order valence-corrected chi connectivity index (χ4v) is 2.00. The molecule has 1 amide bonds. The molecule has 3 N–H and O–H groups in total. The first-order valence-electron chi connectivity index (χ1n) is 6.56. The van der Waals surface area contributed by atoms with Crippen LogP contribution in [0.3, 0.4) is 0 Å². The molecule has 0 bridgehead atoms. The van der Waals surface area contributed by atoms with E-state index in [0.717, 1.165) is 12.8 Å². The van der Waals surface area contributed by atoms with E-state index in [-0.39, 0.29) is 30.7 Å². The van der Waals surface area contributed by atoms with Crippen molar-refractivity contribution in [3.8, 4) is 0 Å². The standard InChI is InChI=1S/C12H21N5O3.ClH/c1-4-12(5-2,8-13)15-11(18)7-16-6-10(17(19)20)14-9(16)3;/h6H,4-5,7-8,13H2,1-3H3,(H,15,18);1H. The van der Waals surface area contributed by atoms with Gasteiger partial charge >= 0.3 is 5.82 Å². The molecule has 0 fully saturated rings. The van der Waals surface area contributed by atoms with Gasteiger partial charge in [0.1, 0.15) is 12.7 Å². The van der Waals surface area contributed by atoms with E-state index in [4.69, 9.17) is 5.73 Å². The molecule has 0 saturated heterocycles. The van der Waals surface area contributed by atoms with Crippen LogP contribution in [0.15, 0.2) is 6.20 Å². The van der Waals surface area contributed by atoms with Crippen molar-refractivity contribution in [1.29, 1.82) is 0 Å². The predicted octanol–water partition coefficient (Wildman–Crippen LogP) is 1.16. The molecular formula is C12H22ClN5O3. The highest BCUT2D eigenvalue weighted by Crippen LogP contribution is 2.14. The number of amides is 1. The first kappa shape index (κ1) is 19.3. The van der Waals surface area contributed by atoms with Crippen LogP contribution in [0, 0.1) is 17.0 Å². The molecule has 0 aliphatic heterocycles. The smallest absolute Gasteiger partial charge is 0.358 e. The van der Waals surface area contributed by atoms with E-state index in [0.29, 0.717) is 12.4 Å². The molecule has 9 heteroatoms. The Labute approximate surface area is 129 Å². The average Bonchev–Trinajstić information content (AvgIpc) is 2.78. The van der Waals surface area contributed by atoms with Gasteiger partial charge in [0.15, 0.2) is 0 Å². The maximum Gasteiger partial charge on any atom is 0.381 e. The summed E-state index contributed by atoms with van der Waals surface area (Å²) in [5.41, 5.74) is 5.30. The van der Waals surface area contributed by atoms with Crippen LogP contribution in [0.1, 0.15) is 32.5 Å². The van der Waals surface area contributed by atoms with Crippen molar-refractivity contribution in [2.75, 3.05) is 6.54 Å². The van der Waals surface area contributed by atoms with E-state index in [9.17, 15) is 14.9 Å². The first-order chi connectivity index (χ1) is 9.37. The molecule has 1 rings (SSSR count). The number of hydrogen-bond donors (Lipinski definition) is 2. The lowest BCUT2D eigenvalue weighted by Crippen LogP contribution is -2.53. The molecule has 0 radical (unpaired) electrons. The molecule has 0 atom stereocenters. The van der Waals surface area contributed by atoms with Crippen molar-refractivity contribution in [2.45, 2.75) is 45.7 Å². The maximum atomic E-state index is 12.1. The Hall–Kier alpha value is -1.67. The fourth-order valence-electron chi connectivity index (χ4n) is 2.00. The Morgan fingerprint density at radius 3 is 2.48 bits per heavy atom. The van der Waals surface area contributed by atoms with Gasteiger partial charge < -0.3 is 21.2 Å². The number of nitrogens with one attached hydrogen (secondary N) is 1. The Kier molecular flexibility index (Phi) is 7.31. The van der Waals surface area contributed by atoms with Gasteiger partial charge in [-0.05, 0) is 22.7 Å². The molecule has 0 aromatic carbocycles. The lowest BCUT2D eigenvalue weighted by atomic mass is 9.93. The molecule has 1 heterocycles. The molecule has 0 saturated carbocycles. The molecule has 1 aromatic rings. The number of rotatable bonds is 7. The molecule has 0 aliphatic rings. The molecule has 120 valence electrons. The summed E-state index contributed by atoms with van der Waals surface area (Å²) in [7, 11) is 0. The van der Waals surface area contributed by atoms with Crippen molar-refractivity contribution < 1.29 is 9.72 Å². The van der Waals surface area contributed by atoms with Crippen LogP contribution in [-0.4, -0.2) is 32.5 Å². The number of aryl methyl sites for hydroxylation is 1. The van der Waals surface area contributed by atoms with Crippen LogP contribution >= 0.6 is 12.4 Å². The minimum atomic E-state index is -0.580. The number of aromatic nitrogens is 2. The first-order valence-corrected chi connectivity index (χ1v) is 6.56. The van der Waals surface area contributed by atoms with Crippen LogP contribution < -0.4 is 11.1 Å². The molecular weight excluding hydrogens is 298 g/mol. The second-order valence-electron chi connectivity index (χ2n) is 4.77. The number of nitrogens with two attached hydrogens (primary N) is 1. The number of halogens is 1. The lowest BCUT2D eigenvalue weighted by molar-refractivity contribution is -0.389. The summed E-state index contributed by atoms with van der Waals surface area (Å²) >= 11 is 0. The highest BCUT2D eigenvalue weighted by molar-refractivity contribution is 5.85. The summed E-state index contributed by atoms with van der Waals surface area (Å²) in [6, 6.07) is 0. The third kappa shape index (κ3) is 4.68. The van der Waals surface area contributed by atoms with Gasteiger partial charge in [0.05, 0.1) is 5.54 Å². The zero-order valence-corrected chi connectivity index (χ0v) is 13.3. The number of imidazole rings is 1. The second kappa shape index (κ2) is 7.94. The van der Waals surface area contributed by atoms with E-state index in [2.05, 4.69) is 10.3 Å². The van der Waals surface area contributed by atoms with Gasteiger partial charge in [0.2, 0.25) is 11.7 Å². The largest absolute Gasteiger partial charge is 0.381 e. The molecule has 0 unspecified atom stereocenters. The number of nitro groups is 1. The zero-order chi connectivity index (χ0) is 15.3. The molecule has 1 aromatic heterocycles. The van der Waals surface area contributed by atoms with Gasteiger partial charge in [-0.25, -0.2) is 0 Å². The second-order valence-corrected chi connectivity index (χ2v) is 4.77. The minimum absolute atomic E-state index is 0. The van der Waals surface area contributed by atoms with Crippen LogP contribution in [-0.2, 0) is 11.3 Å². The summed E-state index contributed by atoms with van der Waals surface area (Å²) in [6.07, 6.45) is 2.72. The third-order valence-corrected chi connectivity index (χ3v) is 3.61. The summed E-state index contributed by atoms with van der Waals surface area (Å²) in [4.78, 5) is 25.9. The van der Waals surface area contributed by atoms with Gasteiger partial charge in [-0.3, -0.25) is 9.36 Å². The molecule has 21 heavy (non-hydrogen) atoms. The van der Waals surface area contributed by atoms with Crippen molar-refractivity contribution in [3.63, 3.8) is 0 Å². The SMILES string of the molecule is CCC(CC)(CN)NC(=O)Cn1cc([N+](=O)[O-])nc1C.Cl. The highest BCUT2D eigenvalue weighted by atomic mass is 35.5. The average molecular weight is 320 g/mol. The van der Waals surface area contributed by atoms with Gasteiger partial charge in [-0.15, -0.1) is 12.4 Å². The lowest BCUT2D eigenvalue weighted by Gasteiger charge is -2.31. The van der Waals surface area contributed by atoms with Gasteiger partial charge in [0.25, 0.3) is 0 Å². The van der Waals surface area contributed by atoms with E-state index in [1.807, 2.05) is 13.8 Å². The van der Waals surface area contributed by atoms with E-state index >= 15 is 0 Å². The number of carbonyl (C=O) groups is 1. The fraction of sp³-hybridized carbons (Fsp3) is 0.667. The van der Waals surface area contributed by atoms with Gasteiger partial charge in [-0.1, -0.05) is 13.8 Å². The maximum absolute atomic E-state index is 12.1. The van der Waals surface area contributed by atoms with Crippen LogP contribution in [0.25, 0.3) is 0 Å². The zero-order valence-electron chi connectivity index (χ0n) is 12.5. The Morgan fingerprint density at radius 2 is 2.10 bits per heavy atom. The minimum Gasteiger partial charge on any atom is -0.358 e. The normalized spacial score (nSPS) is 10.9. The summed E-state index contributed by atoms with van der Waals surface area (Å²) in [6.45, 7) is 5.90. The summed E-state index contributed by atoms with van der Waals surface area (Å²) < 4.78 is 1.46. The Bertz CT molecular complexity index is 491. The summed E-state index contributed by atoms with van der Waals surface area (Å²) in [5.74, 6) is -0.0564. The Balaban J connectivity index is 0.00000400. The summed E-state index contributed by atoms with van der Waals surface area (Å²) in [5, 5.41) is 13.5. The van der Waals surface area contributed by atoms with Crippen molar-refractivity contribution in [3.05, 3.63) is 22.1 Å². The molecule has 0 aliphatic carbocycles. The van der Waals surface area contributed by atoms with E-state index in [1.165, 1.54) is 10.8 Å². The van der Waals surface area contributed by atoms with Crippen LogP contribution in [0.4, 0.5) is 5.82 Å². The topological polar surface area (TPSA) is 116 Å². The highest BCUT2D eigenvalue weighted by Gasteiger charge is 2.27. The third-order valence-electron chi connectivity index (χ3n) is 3.61. The predicted molar refractivity (Wildman–Crippen MR) is 81.4 cm³/mol. The van der Waals surface area contributed by atoms with E-state index in [1.54, 1.807) is 6.92 Å². The van der Waals surface area contributed by atoms with Crippen molar-refractivity contribution in [2.24, 2.45) is 5.73 Å². The number of hydrogen-bond acceptors (Lipinski definition) is 5. The number of carbonyl (C=O) groups excluding carboxylic acids is 1. The van der Waals surface area contributed by atoms with Gasteiger partial charge in [-0.2, -0.15) is 0 Å². The molecule has 8 nitrogen and oxygen atoms in total. The monoisotopic (exact) mass is 319 g/mol. The quantitative estimate of drug-likeness (QED) is 0.577. The van der Waals surface area contributed by atoms with Crippen LogP contribution in [0.2, 0.25) is 0 Å². The molecule has 0 spiro atoms.